The zero-order chi connectivity index (χ0) is 23.0. The Morgan fingerprint density at radius 1 is 1.16 bits per heavy atom. The van der Waals surface area contributed by atoms with Gasteiger partial charge in [0.05, 0.1) is 4.92 Å². The molecule has 0 bridgehead atoms. The van der Waals surface area contributed by atoms with E-state index in [1.165, 1.54) is 18.6 Å². The molecule has 0 aromatic heterocycles. The second kappa shape index (κ2) is 11.6. The highest BCUT2D eigenvalue weighted by Gasteiger charge is 2.28. The topological polar surface area (TPSA) is 119 Å². The summed E-state index contributed by atoms with van der Waals surface area (Å²) in [4.78, 5) is 49.6. The first kappa shape index (κ1) is 24.6. The summed E-state index contributed by atoms with van der Waals surface area (Å²) >= 11 is 5.77. The number of benzene rings is 1. The third-order valence-corrected chi connectivity index (χ3v) is 5.48. The third-order valence-electron chi connectivity index (χ3n) is 5.16. The number of carbonyl (C=O) groups is 3. The lowest BCUT2D eigenvalue weighted by atomic mass is 10.0. The molecule has 170 valence electrons. The van der Waals surface area contributed by atoms with Crippen LogP contribution in [0.1, 0.15) is 56.3 Å². The molecule has 0 unspecified atom stereocenters. The molecule has 1 aromatic carbocycles. The van der Waals surface area contributed by atoms with Crippen LogP contribution in [0.4, 0.5) is 5.69 Å². The number of carbonyl (C=O) groups excluding carboxylic acids is 3. The smallest absolute Gasteiger partial charge is 0.329 e. The number of rotatable bonds is 7. The van der Waals surface area contributed by atoms with E-state index < -0.39 is 28.5 Å². The summed E-state index contributed by atoms with van der Waals surface area (Å²) in [5, 5.41) is 13.5. The summed E-state index contributed by atoms with van der Waals surface area (Å²) in [6, 6.07) is 2.62. The van der Waals surface area contributed by atoms with Gasteiger partial charge in [-0.05, 0) is 30.9 Å². The van der Waals surface area contributed by atoms with Gasteiger partial charge in [0.25, 0.3) is 17.5 Å². The SMILES string of the molecule is CC(C)[C@H](NC(=O)c1ccc(Cl)c([N+](=O)[O-])c1)C(=O)OCC(=O)N1CCCCCCC1. The molecule has 0 spiro atoms. The van der Waals surface area contributed by atoms with Crippen molar-refractivity contribution >= 4 is 35.1 Å². The molecule has 1 aliphatic rings. The Labute approximate surface area is 186 Å². The van der Waals surface area contributed by atoms with Gasteiger partial charge in [-0.3, -0.25) is 19.7 Å². The first-order chi connectivity index (χ1) is 14.7. The number of hydrogen-bond acceptors (Lipinski definition) is 6. The molecule has 2 rings (SSSR count). The third kappa shape index (κ3) is 7.20. The minimum Gasteiger partial charge on any atom is -0.454 e. The van der Waals surface area contributed by atoms with E-state index in [1.54, 1.807) is 18.7 Å². The van der Waals surface area contributed by atoms with Crippen molar-refractivity contribution in [3.05, 3.63) is 38.9 Å². The first-order valence-corrected chi connectivity index (χ1v) is 10.8. The summed E-state index contributed by atoms with van der Waals surface area (Å²) in [7, 11) is 0. The first-order valence-electron chi connectivity index (χ1n) is 10.4. The molecule has 1 N–H and O–H groups in total. The van der Waals surface area contributed by atoms with Crippen LogP contribution >= 0.6 is 11.6 Å². The maximum atomic E-state index is 12.6. The van der Waals surface area contributed by atoms with Crippen LogP contribution in [0.5, 0.6) is 0 Å². The average molecular weight is 454 g/mol. The van der Waals surface area contributed by atoms with E-state index in [2.05, 4.69) is 5.32 Å². The Bertz CT molecular complexity index is 821. The van der Waals surface area contributed by atoms with Gasteiger partial charge in [0, 0.05) is 24.7 Å². The summed E-state index contributed by atoms with van der Waals surface area (Å²) in [6.07, 6.45) is 5.18. The van der Waals surface area contributed by atoms with Gasteiger partial charge >= 0.3 is 5.97 Å². The molecule has 1 heterocycles. The molecular formula is C21H28ClN3O6. The highest BCUT2D eigenvalue weighted by Crippen LogP contribution is 2.25. The predicted octanol–water partition coefficient (Wildman–Crippen LogP) is 3.34. The number of esters is 1. The molecule has 2 amide bonds. The average Bonchev–Trinajstić information content (AvgIpc) is 2.69. The van der Waals surface area contributed by atoms with Crippen molar-refractivity contribution in [2.45, 2.75) is 52.0 Å². The summed E-state index contributed by atoms with van der Waals surface area (Å²) in [5.74, 6) is -1.98. The van der Waals surface area contributed by atoms with Gasteiger partial charge in [-0.1, -0.05) is 44.7 Å². The number of nitrogens with one attached hydrogen (secondary N) is 1. The number of likely N-dealkylation sites (tertiary alicyclic amines) is 1. The second-order valence-corrected chi connectivity index (χ2v) is 8.28. The van der Waals surface area contributed by atoms with Gasteiger partial charge in [0.15, 0.2) is 6.61 Å². The zero-order valence-electron chi connectivity index (χ0n) is 17.8. The fourth-order valence-corrected chi connectivity index (χ4v) is 3.51. The predicted molar refractivity (Wildman–Crippen MR) is 115 cm³/mol. The van der Waals surface area contributed by atoms with Gasteiger partial charge < -0.3 is 15.0 Å². The Kier molecular flexibility index (Phi) is 9.23. The maximum Gasteiger partial charge on any atom is 0.329 e. The van der Waals surface area contributed by atoms with Crippen molar-refractivity contribution in [2.24, 2.45) is 5.92 Å². The fraction of sp³-hybridized carbons (Fsp3) is 0.571. The Hall–Kier alpha value is -2.68. The molecule has 1 aromatic rings. The van der Waals surface area contributed by atoms with Gasteiger partial charge in [0.2, 0.25) is 0 Å². The lowest BCUT2D eigenvalue weighted by Gasteiger charge is -2.25. The van der Waals surface area contributed by atoms with E-state index >= 15 is 0 Å². The highest BCUT2D eigenvalue weighted by molar-refractivity contribution is 6.32. The van der Waals surface area contributed by atoms with Crippen molar-refractivity contribution in [1.82, 2.24) is 10.2 Å². The van der Waals surface area contributed by atoms with Gasteiger partial charge in [-0.25, -0.2) is 4.79 Å². The zero-order valence-corrected chi connectivity index (χ0v) is 18.5. The minimum absolute atomic E-state index is 0.00809. The van der Waals surface area contributed by atoms with E-state index in [1.807, 2.05) is 0 Å². The van der Waals surface area contributed by atoms with Crippen molar-refractivity contribution in [1.29, 1.82) is 0 Å². The van der Waals surface area contributed by atoms with Crippen LogP contribution in [0.2, 0.25) is 5.02 Å². The van der Waals surface area contributed by atoms with Crippen molar-refractivity contribution in [2.75, 3.05) is 19.7 Å². The van der Waals surface area contributed by atoms with Crippen LogP contribution in [0.3, 0.4) is 0 Å². The normalized spacial score (nSPS) is 15.5. The monoisotopic (exact) mass is 453 g/mol. The molecule has 9 nitrogen and oxygen atoms in total. The number of ether oxygens (including phenoxy) is 1. The van der Waals surface area contributed by atoms with Crippen LogP contribution in [-0.4, -0.2) is 53.3 Å². The Balaban J connectivity index is 1.98. The second-order valence-electron chi connectivity index (χ2n) is 7.87. The molecule has 31 heavy (non-hydrogen) atoms. The van der Waals surface area contributed by atoms with E-state index in [0.29, 0.717) is 13.1 Å². The van der Waals surface area contributed by atoms with E-state index in [4.69, 9.17) is 16.3 Å². The molecule has 0 saturated carbocycles. The minimum atomic E-state index is -1.01. The molecule has 1 saturated heterocycles. The van der Waals surface area contributed by atoms with Crippen LogP contribution in [0.15, 0.2) is 18.2 Å². The van der Waals surface area contributed by atoms with Gasteiger partial charge in [-0.2, -0.15) is 0 Å². The highest BCUT2D eigenvalue weighted by atomic mass is 35.5. The number of hydrogen-bond donors (Lipinski definition) is 1. The Morgan fingerprint density at radius 2 is 1.77 bits per heavy atom. The fourth-order valence-electron chi connectivity index (χ4n) is 3.33. The van der Waals surface area contributed by atoms with Gasteiger partial charge in [0.1, 0.15) is 11.1 Å². The van der Waals surface area contributed by atoms with E-state index in [9.17, 15) is 24.5 Å². The molecule has 0 radical (unpaired) electrons. The van der Waals surface area contributed by atoms with Crippen LogP contribution < -0.4 is 5.32 Å². The van der Waals surface area contributed by atoms with Crippen molar-refractivity contribution in [3.63, 3.8) is 0 Å². The molecule has 1 atom stereocenters. The number of nitro benzene ring substituents is 1. The van der Waals surface area contributed by atoms with Crippen molar-refractivity contribution in [3.8, 4) is 0 Å². The molecule has 10 heteroatoms. The van der Waals surface area contributed by atoms with Crippen LogP contribution in [0.25, 0.3) is 0 Å². The summed E-state index contributed by atoms with van der Waals surface area (Å²) in [6.45, 7) is 4.35. The molecular weight excluding hydrogens is 426 g/mol. The van der Waals surface area contributed by atoms with Crippen LogP contribution in [0, 0.1) is 16.0 Å². The maximum absolute atomic E-state index is 12.6. The molecule has 0 aliphatic carbocycles. The summed E-state index contributed by atoms with van der Waals surface area (Å²) in [5.41, 5.74) is -0.414. The Morgan fingerprint density at radius 3 is 2.35 bits per heavy atom. The van der Waals surface area contributed by atoms with E-state index in [0.717, 1.165) is 31.7 Å². The standard InChI is InChI=1S/C21H28ClN3O6/c1-14(2)19(23-20(27)15-8-9-16(22)17(12-15)25(29)30)21(28)31-13-18(26)24-10-6-4-3-5-7-11-24/h8-9,12,14,19H,3-7,10-11,13H2,1-2H3,(H,23,27)/t19-/m0/s1. The van der Waals surface area contributed by atoms with Crippen LogP contribution in [-0.2, 0) is 14.3 Å². The van der Waals surface area contributed by atoms with E-state index in [-0.39, 0.29) is 29.0 Å². The lowest BCUT2D eigenvalue weighted by Crippen LogP contribution is -2.46. The molecule has 1 fully saturated rings. The largest absolute Gasteiger partial charge is 0.454 e. The number of halogens is 1. The quantitative estimate of drug-likeness (QED) is 0.384. The summed E-state index contributed by atoms with van der Waals surface area (Å²) < 4.78 is 5.20. The lowest BCUT2D eigenvalue weighted by molar-refractivity contribution is -0.384. The van der Waals surface area contributed by atoms with Crippen molar-refractivity contribution < 1.29 is 24.0 Å². The number of nitro groups is 1. The van der Waals surface area contributed by atoms with Gasteiger partial charge in [-0.15, -0.1) is 0 Å². The molecule has 1 aliphatic heterocycles. The number of amides is 2. The number of nitrogens with zero attached hydrogens (tertiary/aromatic N) is 2.